The minimum Gasteiger partial charge on any atom is -0.384 e. The summed E-state index contributed by atoms with van der Waals surface area (Å²) >= 11 is 0. The van der Waals surface area contributed by atoms with Crippen molar-refractivity contribution in [2.75, 3.05) is 0 Å². The molecule has 0 aromatic heterocycles. The van der Waals surface area contributed by atoms with Crippen LogP contribution in [0.25, 0.3) is 6.08 Å². The molecule has 0 spiro atoms. The molecule has 0 bridgehead atoms. The van der Waals surface area contributed by atoms with Gasteiger partial charge in [-0.25, -0.2) is 0 Å². The molecule has 23 heavy (non-hydrogen) atoms. The van der Waals surface area contributed by atoms with E-state index in [1.54, 1.807) is 0 Å². The standard InChI is InChI=1S/C22H18O/c23-22-19-14-8-7-13-18(19)15-20(22)21(16-9-3-1-4-10-16)17-11-5-2-6-12-17/h1-15,21-23H. The van der Waals surface area contributed by atoms with Gasteiger partial charge in [0.05, 0.1) is 0 Å². The molecule has 1 N–H and O–H groups in total. The van der Waals surface area contributed by atoms with Crippen LogP contribution >= 0.6 is 0 Å². The number of benzene rings is 3. The van der Waals surface area contributed by atoms with Crippen LogP contribution in [0.3, 0.4) is 0 Å². The SMILES string of the molecule is OC1C(C(c2ccccc2)c2ccccc2)=Cc2ccccc21. The van der Waals surface area contributed by atoms with Gasteiger partial charge < -0.3 is 5.11 Å². The largest absolute Gasteiger partial charge is 0.384 e. The van der Waals surface area contributed by atoms with Crippen molar-refractivity contribution in [3.63, 3.8) is 0 Å². The van der Waals surface area contributed by atoms with Crippen LogP contribution in [0.15, 0.2) is 90.5 Å². The summed E-state index contributed by atoms with van der Waals surface area (Å²) in [5.74, 6) is 0.0693. The van der Waals surface area contributed by atoms with Crippen molar-refractivity contribution in [2.24, 2.45) is 0 Å². The lowest BCUT2D eigenvalue weighted by molar-refractivity contribution is 0.214. The van der Waals surface area contributed by atoms with E-state index in [9.17, 15) is 5.11 Å². The summed E-state index contributed by atoms with van der Waals surface area (Å²) < 4.78 is 0. The van der Waals surface area contributed by atoms with Gasteiger partial charge in [0.2, 0.25) is 0 Å². The number of hydrogen-bond donors (Lipinski definition) is 1. The monoisotopic (exact) mass is 298 g/mol. The van der Waals surface area contributed by atoms with E-state index in [0.29, 0.717) is 0 Å². The Balaban J connectivity index is 1.85. The third-order valence-corrected chi connectivity index (χ3v) is 4.53. The molecule has 1 nitrogen and oxygen atoms in total. The highest BCUT2D eigenvalue weighted by molar-refractivity contribution is 5.68. The first-order chi connectivity index (χ1) is 11.3. The zero-order valence-corrected chi connectivity index (χ0v) is 12.8. The molecule has 0 amide bonds. The molecule has 0 saturated heterocycles. The first-order valence-electron chi connectivity index (χ1n) is 7.93. The fourth-order valence-corrected chi connectivity index (χ4v) is 3.44. The lowest BCUT2D eigenvalue weighted by Gasteiger charge is -2.23. The Bertz CT molecular complexity index is 795. The number of hydrogen-bond acceptors (Lipinski definition) is 1. The second-order valence-corrected chi connectivity index (χ2v) is 5.93. The van der Waals surface area contributed by atoms with Crippen LogP contribution in [0.2, 0.25) is 0 Å². The van der Waals surface area contributed by atoms with E-state index in [0.717, 1.165) is 16.7 Å². The molecule has 0 fully saturated rings. The Hall–Kier alpha value is -2.64. The van der Waals surface area contributed by atoms with Gasteiger partial charge in [-0.2, -0.15) is 0 Å². The van der Waals surface area contributed by atoms with Gasteiger partial charge in [0.15, 0.2) is 0 Å². The van der Waals surface area contributed by atoms with Gasteiger partial charge in [0.25, 0.3) is 0 Å². The predicted molar refractivity (Wildman–Crippen MR) is 94.1 cm³/mol. The molecule has 1 aliphatic rings. The lowest BCUT2D eigenvalue weighted by atomic mass is 9.83. The molecule has 1 atom stereocenters. The van der Waals surface area contributed by atoms with Crippen molar-refractivity contribution < 1.29 is 5.11 Å². The van der Waals surface area contributed by atoms with Crippen LogP contribution < -0.4 is 0 Å². The third-order valence-electron chi connectivity index (χ3n) is 4.53. The van der Waals surface area contributed by atoms with E-state index in [-0.39, 0.29) is 5.92 Å². The average Bonchev–Trinajstić information content (AvgIpc) is 2.94. The highest BCUT2D eigenvalue weighted by Gasteiger charge is 2.30. The first kappa shape index (κ1) is 14.0. The van der Waals surface area contributed by atoms with Crippen molar-refractivity contribution in [1.29, 1.82) is 0 Å². The van der Waals surface area contributed by atoms with Crippen LogP contribution in [0.4, 0.5) is 0 Å². The van der Waals surface area contributed by atoms with Gasteiger partial charge >= 0.3 is 0 Å². The number of aliphatic hydroxyl groups excluding tert-OH is 1. The summed E-state index contributed by atoms with van der Waals surface area (Å²) in [6, 6.07) is 28.9. The topological polar surface area (TPSA) is 20.2 Å². The van der Waals surface area contributed by atoms with E-state index >= 15 is 0 Å². The van der Waals surface area contributed by atoms with Crippen molar-refractivity contribution in [3.8, 4) is 0 Å². The van der Waals surface area contributed by atoms with Crippen LogP contribution in [-0.4, -0.2) is 5.11 Å². The zero-order valence-electron chi connectivity index (χ0n) is 12.8. The maximum Gasteiger partial charge on any atom is 0.102 e. The van der Waals surface area contributed by atoms with Crippen molar-refractivity contribution in [1.82, 2.24) is 0 Å². The Morgan fingerprint density at radius 2 is 1.17 bits per heavy atom. The Labute approximate surface area is 136 Å². The summed E-state index contributed by atoms with van der Waals surface area (Å²) in [6.07, 6.45) is 1.60. The molecule has 0 radical (unpaired) electrons. The normalized spacial score (nSPS) is 16.3. The molecular formula is C22H18O. The molecule has 3 aromatic carbocycles. The van der Waals surface area contributed by atoms with E-state index < -0.39 is 6.10 Å². The summed E-state index contributed by atoms with van der Waals surface area (Å²) in [5, 5.41) is 10.9. The van der Waals surface area contributed by atoms with E-state index in [4.69, 9.17) is 0 Å². The van der Waals surface area contributed by atoms with Crippen LogP contribution in [0, 0.1) is 0 Å². The highest BCUT2D eigenvalue weighted by atomic mass is 16.3. The average molecular weight is 298 g/mol. The van der Waals surface area contributed by atoms with Crippen LogP contribution in [0.1, 0.15) is 34.3 Å². The van der Waals surface area contributed by atoms with Gasteiger partial charge in [-0.1, -0.05) is 91.0 Å². The van der Waals surface area contributed by atoms with E-state index in [1.165, 1.54) is 11.1 Å². The fraction of sp³-hybridized carbons (Fsp3) is 0.0909. The van der Waals surface area contributed by atoms with Crippen molar-refractivity contribution >= 4 is 6.08 Å². The highest BCUT2D eigenvalue weighted by Crippen LogP contribution is 2.44. The molecule has 4 rings (SSSR count). The van der Waals surface area contributed by atoms with Gasteiger partial charge in [-0.05, 0) is 27.8 Å². The third kappa shape index (κ3) is 2.49. The molecule has 1 unspecified atom stereocenters. The first-order valence-corrected chi connectivity index (χ1v) is 7.93. The van der Waals surface area contributed by atoms with Crippen LogP contribution in [-0.2, 0) is 0 Å². The van der Waals surface area contributed by atoms with Gasteiger partial charge in [-0.3, -0.25) is 0 Å². The fourth-order valence-electron chi connectivity index (χ4n) is 3.44. The molecule has 0 aliphatic heterocycles. The molecule has 112 valence electrons. The van der Waals surface area contributed by atoms with Crippen LogP contribution in [0.5, 0.6) is 0 Å². The van der Waals surface area contributed by atoms with Crippen molar-refractivity contribution in [2.45, 2.75) is 12.0 Å². The van der Waals surface area contributed by atoms with Crippen molar-refractivity contribution in [3.05, 3.63) is 113 Å². The smallest absolute Gasteiger partial charge is 0.102 e. The van der Waals surface area contributed by atoms with E-state index in [1.807, 2.05) is 30.3 Å². The molecule has 1 aliphatic carbocycles. The number of fused-ring (bicyclic) bond motifs is 1. The minimum atomic E-state index is -0.545. The predicted octanol–water partition coefficient (Wildman–Crippen LogP) is 4.95. The zero-order chi connectivity index (χ0) is 15.6. The van der Waals surface area contributed by atoms with Gasteiger partial charge in [0.1, 0.15) is 6.10 Å². The summed E-state index contributed by atoms with van der Waals surface area (Å²) in [5.41, 5.74) is 5.57. The molecule has 0 heterocycles. The molecule has 3 aromatic rings. The lowest BCUT2D eigenvalue weighted by Crippen LogP contribution is -2.09. The summed E-state index contributed by atoms with van der Waals surface area (Å²) in [7, 11) is 0. The second-order valence-electron chi connectivity index (χ2n) is 5.93. The van der Waals surface area contributed by atoms with E-state index in [2.05, 4.69) is 60.7 Å². The second kappa shape index (κ2) is 5.86. The minimum absolute atomic E-state index is 0.0693. The Morgan fingerprint density at radius 3 is 1.74 bits per heavy atom. The molecular weight excluding hydrogens is 280 g/mol. The summed E-state index contributed by atoms with van der Waals surface area (Å²) in [6.45, 7) is 0. The Morgan fingerprint density at radius 1 is 0.652 bits per heavy atom. The number of aliphatic hydroxyl groups is 1. The maximum absolute atomic E-state index is 10.9. The Kier molecular flexibility index (Phi) is 3.57. The summed E-state index contributed by atoms with van der Waals surface area (Å²) in [4.78, 5) is 0. The van der Waals surface area contributed by atoms with Gasteiger partial charge in [0, 0.05) is 5.92 Å². The quantitative estimate of drug-likeness (QED) is 0.725. The molecule has 0 saturated carbocycles. The van der Waals surface area contributed by atoms with Gasteiger partial charge in [-0.15, -0.1) is 0 Å². The molecule has 1 heteroatoms. The number of rotatable bonds is 3. The maximum atomic E-state index is 10.9.